The molecular formula is C26H24N4O4. The number of rotatable bonds is 7. The number of benzene rings is 2. The van der Waals surface area contributed by atoms with Crippen molar-refractivity contribution in [3.63, 3.8) is 0 Å². The van der Waals surface area contributed by atoms with E-state index in [0.29, 0.717) is 35.1 Å². The molecule has 1 N–H and O–H groups in total. The van der Waals surface area contributed by atoms with Gasteiger partial charge in [0.2, 0.25) is 5.82 Å². The van der Waals surface area contributed by atoms with E-state index in [4.69, 9.17) is 14.4 Å². The van der Waals surface area contributed by atoms with Crippen molar-refractivity contribution >= 4 is 16.9 Å². The fraction of sp³-hybridized carbons (Fsp3) is 0.308. The first-order chi connectivity index (χ1) is 16.4. The molecule has 0 unspecified atom stereocenters. The van der Waals surface area contributed by atoms with Crippen molar-refractivity contribution < 1.29 is 19.2 Å². The fourth-order valence-electron chi connectivity index (χ4n) is 4.64. The summed E-state index contributed by atoms with van der Waals surface area (Å²) < 4.78 is 13.3. The maximum Gasteiger partial charge on any atom is 0.305 e. The van der Waals surface area contributed by atoms with Gasteiger partial charge in [-0.25, -0.2) is 0 Å². The molecule has 8 nitrogen and oxygen atoms in total. The van der Waals surface area contributed by atoms with Crippen molar-refractivity contribution in [2.45, 2.75) is 52.2 Å². The Kier molecular flexibility index (Phi) is 5.54. The lowest BCUT2D eigenvalue weighted by molar-refractivity contribution is -0.137. The number of hydrogen-bond acceptors (Lipinski definition) is 6. The molecule has 0 atom stereocenters. The van der Waals surface area contributed by atoms with Gasteiger partial charge in [-0.15, -0.1) is 0 Å². The number of carboxylic acid groups (broad SMARTS) is 1. The first kappa shape index (κ1) is 21.7. The zero-order valence-corrected chi connectivity index (χ0v) is 19.0. The van der Waals surface area contributed by atoms with E-state index in [2.05, 4.69) is 26.8 Å². The van der Waals surface area contributed by atoms with Crippen molar-refractivity contribution in [1.29, 1.82) is 5.26 Å². The lowest BCUT2D eigenvalue weighted by Crippen LogP contribution is -2.07. The van der Waals surface area contributed by atoms with Crippen LogP contribution in [0, 0.1) is 11.3 Å². The van der Waals surface area contributed by atoms with E-state index in [-0.39, 0.29) is 12.5 Å². The van der Waals surface area contributed by atoms with Crippen LogP contribution in [0.2, 0.25) is 0 Å². The van der Waals surface area contributed by atoms with Gasteiger partial charge < -0.3 is 18.9 Å². The van der Waals surface area contributed by atoms with Crippen LogP contribution >= 0.6 is 0 Å². The molecule has 0 saturated carbocycles. The number of hydrogen-bond donors (Lipinski definition) is 1. The van der Waals surface area contributed by atoms with Gasteiger partial charge in [0.1, 0.15) is 11.8 Å². The minimum absolute atomic E-state index is 0.0386. The van der Waals surface area contributed by atoms with Crippen LogP contribution < -0.4 is 4.74 Å². The fourth-order valence-corrected chi connectivity index (χ4v) is 4.64. The van der Waals surface area contributed by atoms with Gasteiger partial charge in [-0.2, -0.15) is 10.2 Å². The monoisotopic (exact) mass is 456 g/mol. The molecule has 1 aliphatic carbocycles. The SMILES string of the molecule is CC(C)Oc1ccc(-c2nc(-c3ccc4c(c3)c3c(n4CCC(=O)O)CCC3)no2)cc1C#N. The number of aromatic nitrogens is 3. The molecule has 5 rings (SSSR count). The smallest absolute Gasteiger partial charge is 0.305 e. The van der Waals surface area contributed by atoms with Crippen LogP contribution in [-0.2, 0) is 24.2 Å². The number of carboxylic acids is 1. The molecule has 0 fully saturated rings. The third kappa shape index (κ3) is 3.90. The molecule has 172 valence electrons. The summed E-state index contributed by atoms with van der Waals surface area (Å²) in [6.45, 7) is 4.28. The summed E-state index contributed by atoms with van der Waals surface area (Å²) in [6.07, 6.45) is 3.07. The molecule has 2 heterocycles. The van der Waals surface area contributed by atoms with Gasteiger partial charge in [0.25, 0.3) is 5.89 Å². The highest BCUT2D eigenvalue weighted by Gasteiger charge is 2.23. The topological polar surface area (TPSA) is 114 Å². The number of nitrogens with zero attached hydrogens (tertiary/aromatic N) is 4. The summed E-state index contributed by atoms with van der Waals surface area (Å²) in [7, 11) is 0. The van der Waals surface area contributed by atoms with Gasteiger partial charge in [-0.3, -0.25) is 4.79 Å². The minimum atomic E-state index is -0.798. The molecule has 1 aliphatic rings. The van der Waals surface area contributed by atoms with Crippen LogP contribution in [0.15, 0.2) is 40.9 Å². The number of ether oxygens (including phenoxy) is 1. The summed E-state index contributed by atoms with van der Waals surface area (Å²) in [5.41, 5.74) is 5.44. The van der Waals surface area contributed by atoms with E-state index in [9.17, 15) is 10.1 Å². The van der Waals surface area contributed by atoms with Crippen molar-refractivity contribution in [2.75, 3.05) is 0 Å². The Morgan fingerprint density at radius 1 is 1.24 bits per heavy atom. The predicted molar refractivity (Wildman–Crippen MR) is 125 cm³/mol. The van der Waals surface area contributed by atoms with Crippen LogP contribution in [0.4, 0.5) is 0 Å². The minimum Gasteiger partial charge on any atom is -0.490 e. The average Bonchev–Trinajstić information content (AvgIpc) is 3.54. The summed E-state index contributed by atoms with van der Waals surface area (Å²) in [5.74, 6) is 0.510. The normalized spacial score (nSPS) is 12.8. The van der Waals surface area contributed by atoms with E-state index >= 15 is 0 Å². The van der Waals surface area contributed by atoms with Gasteiger partial charge in [-0.05, 0) is 75.1 Å². The molecule has 0 amide bonds. The van der Waals surface area contributed by atoms with E-state index in [0.717, 1.165) is 35.7 Å². The van der Waals surface area contributed by atoms with Crippen LogP contribution in [0.1, 0.15) is 43.5 Å². The Hall–Kier alpha value is -4.12. The first-order valence-electron chi connectivity index (χ1n) is 11.4. The number of fused-ring (bicyclic) bond motifs is 3. The summed E-state index contributed by atoms with van der Waals surface area (Å²) in [6, 6.07) is 13.4. The largest absolute Gasteiger partial charge is 0.490 e. The molecule has 8 heteroatoms. The Bertz CT molecular complexity index is 1440. The number of aryl methyl sites for hydroxylation is 2. The maximum atomic E-state index is 11.1. The summed E-state index contributed by atoms with van der Waals surface area (Å²) in [5, 5.41) is 23.9. The van der Waals surface area contributed by atoms with E-state index in [1.165, 1.54) is 11.3 Å². The van der Waals surface area contributed by atoms with Gasteiger partial charge in [0.15, 0.2) is 0 Å². The second kappa shape index (κ2) is 8.67. The summed E-state index contributed by atoms with van der Waals surface area (Å²) in [4.78, 5) is 15.7. The zero-order chi connectivity index (χ0) is 23.8. The second-order valence-electron chi connectivity index (χ2n) is 8.72. The standard InChI is InChI=1S/C26H24N4O4/c1-15(2)33-23-9-7-17(12-18(23)14-27)26-28-25(29-34-26)16-6-8-22-20(13-16)19-4-3-5-21(19)30(22)11-10-24(31)32/h6-9,12-13,15H,3-5,10-11H2,1-2H3,(H,31,32). The summed E-state index contributed by atoms with van der Waals surface area (Å²) >= 11 is 0. The lowest BCUT2D eigenvalue weighted by atomic mass is 10.1. The van der Waals surface area contributed by atoms with Crippen LogP contribution in [0.25, 0.3) is 33.7 Å². The van der Waals surface area contributed by atoms with Gasteiger partial charge in [-0.1, -0.05) is 5.16 Å². The molecule has 0 radical (unpaired) electrons. The van der Waals surface area contributed by atoms with E-state index in [1.54, 1.807) is 18.2 Å². The molecule has 0 saturated heterocycles. The molecule has 0 aliphatic heterocycles. The average molecular weight is 457 g/mol. The maximum absolute atomic E-state index is 11.1. The van der Waals surface area contributed by atoms with Crippen LogP contribution in [0.3, 0.4) is 0 Å². The third-order valence-corrected chi connectivity index (χ3v) is 6.07. The van der Waals surface area contributed by atoms with Crippen molar-refractivity contribution in [2.24, 2.45) is 0 Å². The quantitative estimate of drug-likeness (QED) is 0.417. The lowest BCUT2D eigenvalue weighted by Gasteiger charge is -2.11. The highest BCUT2D eigenvalue weighted by atomic mass is 16.5. The molecule has 34 heavy (non-hydrogen) atoms. The molecule has 0 bridgehead atoms. The third-order valence-electron chi connectivity index (χ3n) is 6.07. The van der Waals surface area contributed by atoms with Gasteiger partial charge in [0, 0.05) is 34.3 Å². The van der Waals surface area contributed by atoms with Crippen molar-refractivity contribution in [1.82, 2.24) is 14.7 Å². The van der Waals surface area contributed by atoms with Crippen molar-refractivity contribution in [3.05, 3.63) is 53.2 Å². The van der Waals surface area contributed by atoms with Crippen LogP contribution in [-0.4, -0.2) is 31.9 Å². The highest BCUT2D eigenvalue weighted by Crippen LogP contribution is 2.36. The second-order valence-corrected chi connectivity index (χ2v) is 8.72. The Labute approximate surface area is 196 Å². The number of nitriles is 1. The Morgan fingerprint density at radius 3 is 2.82 bits per heavy atom. The predicted octanol–water partition coefficient (Wildman–Crippen LogP) is 4.98. The van der Waals surface area contributed by atoms with E-state index in [1.807, 2.05) is 26.0 Å². The highest BCUT2D eigenvalue weighted by molar-refractivity contribution is 5.90. The molecule has 4 aromatic rings. The molecule has 2 aromatic carbocycles. The van der Waals surface area contributed by atoms with Gasteiger partial charge in [0.05, 0.1) is 18.1 Å². The van der Waals surface area contributed by atoms with Gasteiger partial charge >= 0.3 is 5.97 Å². The zero-order valence-electron chi connectivity index (χ0n) is 19.0. The molecule has 0 spiro atoms. The molecule has 2 aromatic heterocycles. The molecular weight excluding hydrogens is 432 g/mol. The first-order valence-corrected chi connectivity index (χ1v) is 11.4. The van der Waals surface area contributed by atoms with Crippen LogP contribution in [0.5, 0.6) is 5.75 Å². The van der Waals surface area contributed by atoms with E-state index < -0.39 is 5.97 Å². The number of aliphatic carboxylic acids is 1. The Balaban J connectivity index is 1.49. The number of carbonyl (C=O) groups is 1. The van der Waals surface area contributed by atoms with Crippen molar-refractivity contribution in [3.8, 4) is 34.7 Å². The Morgan fingerprint density at radius 2 is 2.06 bits per heavy atom.